The number of amides is 1. The van der Waals surface area contributed by atoms with Crippen LogP contribution in [0.2, 0.25) is 0 Å². The van der Waals surface area contributed by atoms with Gasteiger partial charge in [-0.2, -0.15) is 5.10 Å². The number of nitrogens with one attached hydrogen (secondary N) is 2. The normalized spacial score (nSPS) is 13.6. The molecule has 37 heavy (non-hydrogen) atoms. The standard InChI is InChI=1S/C27H24N6O3S/c34-24(33-9-11-35-12-10-33)17-36-22-3-1-2-19(14-22)25-31-26(23-8-13-37-27(23)32-25)30-21-6-4-18(5-7-21)20-15-28-29-16-20/h1-8,13-16H,9-12,17H2,(H,28,29)(H,30,31,32). The van der Waals surface area contributed by atoms with E-state index in [-0.39, 0.29) is 12.5 Å². The Morgan fingerprint density at radius 1 is 1.05 bits per heavy atom. The third kappa shape index (κ3) is 5.16. The van der Waals surface area contributed by atoms with Gasteiger partial charge in [-0.1, -0.05) is 24.3 Å². The van der Waals surface area contributed by atoms with Crippen molar-refractivity contribution in [3.63, 3.8) is 0 Å². The van der Waals surface area contributed by atoms with Crippen LogP contribution in [0.3, 0.4) is 0 Å². The molecule has 1 amide bonds. The Bertz CT molecular complexity index is 1510. The van der Waals surface area contributed by atoms with E-state index in [9.17, 15) is 4.79 Å². The maximum Gasteiger partial charge on any atom is 0.260 e. The van der Waals surface area contributed by atoms with E-state index in [2.05, 4.69) is 15.5 Å². The summed E-state index contributed by atoms with van der Waals surface area (Å²) in [5.74, 6) is 1.86. The summed E-state index contributed by atoms with van der Waals surface area (Å²) in [5.41, 5.74) is 3.84. The highest BCUT2D eigenvalue weighted by molar-refractivity contribution is 7.16. The smallest absolute Gasteiger partial charge is 0.260 e. The molecular weight excluding hydrogens is 488 g/mol. The molecule has 1 aliphatic rings. The van der Waals surface area contributed by atoms with Crippen molar-refractivity contribution >= 4 is 39.0 Å². The molecule has 2 N–H and O–H groups in total. The van der Waals surface area contributed by atoms with Gasteiger partial charge in [-0.3, -0.25) is 9.89 Å². The number of hydrogen-bond acceptors (Lipinski definition) is 8. The van der Waals surface area contributed by atoms with Gasteiger partial charge in [0, 0.05) is 36.1 Å². The molecule has 1 fully saturated rings. The summed E-state index contributed by atoms with van der Waals surface area (Å²) in [6.45, 7) is 2.30. The number of carbonyl (C=O) groups excluding carboxylic acids is 1. The number of benzene rings is 2. The van der Waals surface area contributed by atoms with Gasteiger partial charge in [-0.05, 0) is 41.3 Å². The number of ether oxygens (including phenoxy) is 2. The lowest BCUT2D eigenvalue weighted by molar-refractivity contribution is -0.137. The van der Waals surface area contributed by atoms with E-state index in [1.54, 1.807) is 22.4 Å². The molecule has 186 valence electrons. The third-order valence-electron chi connectivity index (χ3n) is 6.12. The third-order valence-corrected chi connectivity index (χ3v) is 6.93. The van der Waals surface area contributed by atoms with E-state index in [4.69, 9.17) is 19.4 Å². The summed E-state index contributed by atoms with van der Waals surface area (Å²) in [4.78, 5) is 24.7. The lowest BCUT2D eigenvalue weighted by atomic mass is 10.1. The van der Waals surface area contributed by atoms with Crippen LogP contribution in [0.4, 0.5) is 11.5 Å². The van der Waals surface area contributed by atoms with Crippen molar-refractivity contribution < 1.29 is 14.3 Å². The fourth-order valence-electron chi connectivity index (χ4n) is 4.15. The number of H-pyrrole nitrogens is 1. The predicted octanol–water partition coefficient (Wildman–Crippen LogP) is 4.73. The second kappa shape index (κ2) is 10.4. The van der Waals surface area contributed by atoms with E-state index in [1.165, 1.54) is 0 Å². The molecule has 0 radical (unpaired) electrons. The van der Waals surface area contributed by atoms with Gasteiger partial charge in [0.1, 0.15) is 16.4 Å². The van der Waals surface area contributed by atoms with Crippen LogP contribution in [0.25, 0.3) is 32.7 Å². The summed E-state index contributed by atoms with van der Waals surface area (Å²) in [6, 6.07) is 17.7. The highest BCUT2D eigenvalue weighted by Crippen LogP contribution is 2.32. The van der Waals surface area contributed by atoms with Crippen LogP contribution >= 0.6 is 11.3 Å². The molecule has 0 aliphatic carbocycles. The maximum atomic E-state index is 12.5. The molecule has 5 aromatic rings. The molecule has 0 bridgehead atoms. The summed E-state index contributed by atoms with van der Waals surface area (Å²) < 4.78 is 11.1. The first kappa shape index (κ1) is 23.1. The van der Waals surface area contributed by atoms with Crippen molar-refractivity contribution in [2.45, 2.75) is 0 Å². The van der Waals surface area contributed by atoms with Crippen molar-refractivity contribution in [1.82, 2.24) is 25.1 Å². The van der Waals surface area contributed by atoms with Gasteiger partial charge in [0.15, 0.2) is 12.4 Å². The molecule has 2 aromatic carbocycles. The van der Waals surface area contributed by atoms with E-state index >= 15 is 0 Å². The number of morpholine rings is 1. The van der Waals surface area contributed by atoms with E-state index in [0.29, 0.717) is 37.9 Å². The quantitative estimate of drug-likeness (QED) is 0.325. The highest BCUT2D eigenvalue weighted by Gasteiger charge is 2.17. The maximum absolute atomic E-state index is 12.5. The average Bonchev–Trinajstić information content (AvgIpc) is 3.66. The molecule has 0 atom stereocenters. The van der Waals surface area contributed by atoms with Crippen molar-refractivity contribution in [2.24, 2.45) is 0 Å². The Labute approximate surface area is 217 Å². The van der Waals surface area contributed by atoms with E-state index in [1.807, 2.05) is 66.2 Å². The largest absolute Gasteiger partial charge is 0.484 e. The van der Waals surface area contributed by atoms with Crippen molar-refractivity contribution in [3.8, 4) is 28.3 Å². The Morgan fingerprint density at radius 2 is 1.92 bits per heavy atom. The topological polar surface area (TPSA) is 105 Å². The zero-order valence-electron chi connectivity index (χ0n) is 19.9. The van der Waals surface area contributed by atoms with Crippen LogP contribution < -0.4 is 10.1 Å². The predicted molar refractivity (Wildman–Crippen MR) is 143 cm³/mol. The number of carbonyl (C=O) groups is 1. The summed E-state index contributed by atoms with van der Waals surface area (Å²) in [6.07, 6.45) is 3.66. The van der Waals surface area contributed by atoms with Crippen molar-refractivity contribution in [1.29, 1.82) is 0 Å². The number of anilines is 2. The SMILES string of the molecule is O=C(COc1cccc(-c2nc(Nc3ccc(-c4cn[nH]c4)cc3)c3ccsc3n2)c1)N1CCOCC1. The highest BCUT2D eigenvalue weighted by atomic mass is 32.1. The number of aromatic amines is 1. The average molecular weight is 513 g/mol. The first-order chi connectivity index (χ1) is 18.2. The molecule has 6 rings (SSSR count). The van der Waals surface area contributed by atoms with Crippen molar-refractivity contribution in [3.05, 3.63) is 72.4 Å². The summed E-state index contributed by atoms with van der Waals surface area (Å²) >= 11 is 1.56. The number of aromatic nitrogens is 4. The second-order valence-corrected chi connectivity index (χ2v) is 9.43. The van der Waals surface area contributed by atoms with Gasteiger partial charge in [0.2, 0.25) is 0 Å². The summed E-state index contributed by atoms with van der Waals surface area (Å²) in [5, 5.41) is 13.3. The van der Waals surface area contributed by atoms with Crippen LogP contribution in [0, 0.1) is 0 Å². The van der Waals surface area contributed by atoms with Gasteiger partial charge in [0.25, 0.3) is 5.91 Å². The Kier molecular flexibility index (Phi) is 6.49. The molecule has 0 unspecified atom stereocenters. The van der Waals surface area contributed by atoms with Gasteiger partial charge in [0.05, 0.1) is 24.8 Å². The van der Waals surface area contributed by atoms with Crippen LogP contribution in [0.15, 0.2) is 72.4 Å². The number of nitrogens with zero attached hydrogens (tertiary/aromatic N) is 4. The Hall–Kier alpha value is -4.28. The number of fused-ring (bicyclic) bond motifs is 1. The lowest BCUT2D eigenvalue weighted by Crippen LogP contribution is -2.42. The minimum absolute atomic E-state index is 0.0180. The monoisotopic (exact) mass is 512 g/mol. The van der Waals surface area contributed by atoms with Crippen LogP contribution in [-0.4, -0.2) is 63.9 Å². The van der Waals surface area contributed by atoms with Gasteiger partial charge >= 0.3 is 0 Å². The minimum atomic E-state index is -0.0461. The van der Waals surface area contributed by atoms with Gasteiger partial charge in [-0.25, -0.2) is 9.97 Å². The Balaban J connectivity index is 1.22. The molecular formula is C27H24N6O3S. The molecule has 9 nitrogen and oxygen atoms in total. The van der Waals surface area contributed by atoms with Crippen LogP contribution in [0.1, 0.15) is 0 Å². The van der Waals surface area contributed by atoms with Crippen molar-refractivity contribution in [2.75, 3.05) is 38.2 Å². The van der Waals surface area contributed by atoms with Gasteiger partial charge < -0.3 is 19.7 Å². The molecule has 4 heterocycles. The second-order valence-electron chi connectivity index (χ2n) is 8.53. The fraction of sp³-hybridized carbons (Fsp3) is 0.185. The molecule has 1 saturated heterocycles. The molecule has 3 aromatic heterocycles. The first-order valence-corrected chi connectivity index (χ1v) is 12.8. The minimum Gasteiger partial charge on any atom is -0.484 e. The lowest BCUT2D eigenvalue weighted by Gasteiger charge is -2.26. The molecule has 0 saturated carbocycles. The molecule has 0 spiro atoms. The zero-order chi connectivity index (χ0) is 25.0. The number of rotatable bonds is 7. The first-order valence-electron chi connectivity index (χ1n) is 11.9. The van der Waals surface area contributed by atoms with Crippen LogP contribution in [-0.2, 0) is 9.53 Å². The van der Waals surface area contributed by atoms with E-state index in [0.717, 1.165) is 38.4 Å². The number of hydrogen-bond donors (Lipinski definition) is 2. The zero-order valence-corrected chi connectivity index (χ0v) is 20.7. The molecule has 10 heteroatoms. The van der Waals surface area contributed by atoms with E-state index < -0.39 is 0 Å². The fourth-order valence-corrected chi connectivity index (χ4v) is 4.91. The Morgan fingerprint density at radius 3 is 2.73 bits per heavy atom. The number of thiophene rings is 1. The summed E-state index contributed by atoms with van der Waals surface area (Å²) in [7, 11) is 0. The van der Waals surface area contributed by atoms with Crippen LogP contribution in [0.5, 0.6) is 5.75 Å². The molecule has 1 aliphatic heterocycles. The van der Waals surface area contributed by atoms with Gasteiger partial charge in [-0.15, -0.1) is 11.3 Å².